The second-order valence-electron chi connectivity index (χ2n) is 3.76. The van der Waals surface area contributed by atoms with Crippen molar-refractivity contribution in [3.8, 4) is 5.75 Å². The third-order valence-corrected chi connectivity index (χ3v) is 4.42. The Bertz CT molecular complexity index is 498. The van der Waals surface area contributed by atoms with Crippen molar-refractivity contribution in [1.82, 2.24) is 0 Å². The van der Waals surface area contributed by atoms with E-state index < -0.39 is 0 Å². The van der Waals surface area contributed by atoms with Gasteiger partial charge < -0.3 is 10.5 Å². The number of hydrogen-bond donors (Lipinski definition) is 1. The van der Waals surface area contributed by atoms with Crippen molar-refractivity contribution < 1.29 is 4.74 Å². The van der Waals surface area contributed by atoms with E-state index in [2.05, 4.69) is 22.0 Å². The Balaban J connectivity index is 2.17. The normalized spacial score (nSPS) is 12.4. The molecular weight excluding hydrogens is 298 g/mol. The summed E-state index contributed by atoms with van der Waals surface area (Å²) in [6.07, 6.45) is 0.804. The van der Waals surface area contributed by atoms with Crippen LogP contribution in [0.1, 0.15) is 16.5 Å². The summed E-state index contributed by atoms with van der Waals surface area (Å²) in [4.78, 5) is 1.10. The summed E-state index contributed by atoms with van der Waals surface area (Å²) in [6, 6.07) is 10.1. The summed E-state index contributed by atoms with van der Waals surface area (Å²) in [5.74, 6) is 0.884. The number of hydrogen-bond acceptors (Lipinski definition) is 3. The lowest BCUT2D eigenvalue weighted by Gasteiger charge is -2.13. The van der Waals surface area contributed by atoms with Crippen molar-refractivity contribution >= 4 is 27.3 Å². The SMILES string of the molecule is COc1ccsc1C(N)Cc1ccccc1Br. The van der Waals surface area contributed by atoms with Crippen LogP contribution in [0.15, 0.2) is 40.2 Å². The van der Waals surface area contributed by atoms with E-state index in [1.165, 1.54) is 5.56 Å². The summed E-state index contributed by atoms with van der Waals surface area (Å²) in [5.41, 5.74) is 7.44. The largest absolute Gasteiger partial charge is 0.496 e. The number of methoxy groups -OCH3 is 1. The lowest BCUT2D eigenvalue weighted by Crippen LogP contribution is -2.13. The molecule has 90 valence electrons. The number of ether oxygens (including phenoxy) is 1. The smallest absolute Gasteiger partial charge is 0.134 e. The fourth-order valence-corrected chi connectivity index (χ4v) is 3.05. The van der Waals surface area contributed by atoms with Crippen LogP contribution < -0.4 is 10.5 Å². The minimum absolute atomic E-state index is 0.0244. The van der Waals surface area contributed by atoms with Crippen LogP contribution in [0, 0.1) is 0 Å². The molecule has 2 aromatic rings. The standard InChI is InChI=1S/C13H14BrNOS/c1-16-12-6-7-17-13(12)11(15)8-9-4-2-3-5-10(9)14/h2-7,11H,8,15H2,1H3. The topological polar surface area (TPSA) is 35.2 Å². The summed E-state index contributed by atoms with van der Waals surface area (Å²) in [5, 5.41) is 2.01. The van der Waals surface area contributed by atoms with Crippen LogP contribution >= 0.6 is 27.3 Å². The Morgan fingerprint density at radius 3 is 2.82 bits per heavy atom. The minimum atomic E-state index is -0.0244. The third kappa shape index (κ3) is 2.89. The van der Waals surface area contributed by atoms with Gasteiger partial charge >= 0.3 is 0 Å². The van der Waals surface area contributed by atoms with Crippen molar-refractivity contribution in [3.05, 3.63) is 50.6 Å². The van der Waals surface area contributed by atoms with Gasteiger partial charge in [0.25, 0.3) is 0 Å². The van der Waals surface area contributed by atoms with E-state index in [0.717, 1.165) is 21.5 Å². The maximum Gasteiger partial charge on any atom is 0.134 e. The second kappa shape index (κ2) is 5.67. The average Bonchev–Trinajstić information content (AvgIpc) is 2.80. The molecule has 2 N–H and O–H groups in total. The predicted molar refractivity (Wildman–Crippen MR) is 75.6 cm³/mol. The van der Waals surface area contributed by atoms with Gasteiger partial charge in [0.05, 0.1) is 12.0 Å². The number of benzene rings is 1. The van der Waals surface area contributed by atoms with Gasteiger partial charge in [-0.05, 0) is 29.5 Å². The zero-order valence-corrected chi connectivity index (χ0v) is 11.9. The number of halogens is 1. The summed E-state index contributed by atoms with van der Waals surface area (Å²) in [6.45, 7) is 0. The Morgan fingerprint density at radius 2 is 2.12 bits per heavy atom. The first-order valence-corrected chi connectivity index (χ1v) is 7.00. The molecule has 1 aromatic heterocycles. The van der Waals surface area contributed by atoms with Crippen LogP contribution in [-0.4, -0.2) is 7.11 Å². The molecule has 0 aliphatic heterocycles. The van der Waals surface area contributed by atoms with Crippen LogP contribution in [0.3, 0.4) is 0 Å². The van der Waals surface area contributed by atoms with Crippen LogP contribution in [-0.2, 0) is 6.42 Å². The third-order valence-electron chi connectivity index (χ3n) is 2.61. The van der Waals surface area contributed by atoms with E-state index in [1.54, 1.807) is 18.4 Å². The molecule has 4 heteroatoms. The van der Waals surface area contributed by atoms with E-state index in [-0.39, 0.29) is 6.04 Å². The van der Waals surface area contributed by atoms with Gasteiger partial charge in [0.15, 0.2) is 0 Å². The second-order valence-corrected chi connectivity index (χ2v) is 5.56. The molecule has 0 aliphatic carbocycles. The van der Waals surface area contributed by atoms with Crippen LogP contribution in [0.25, 0.3) is 0 Å². The summed E-state index contributed by atoms with van der Waals surface area (Å²) < 4.78 is 6.40. The fourth-order valence-electron chi connectivity index (χ4n) is 1.74. The van der Waals surface area contributed by atoms with E-state index >= 15 is 0 Å². The van der Waals surface area contributed by atoms with Crippen LogP contribution in [0.2, 0.25) is 0 Å². The Kier molecular flexibility index (Phi) is 4.20. The molecule has 0 saturated heterocycles. The Labute approximate surface area is 114 Å². The van der Waals surface area contributed by atoms with Crippen molar-refractivity contribution in [2.75, 3.05) is 7.11 Å². The highest BCUT2D eigenvalue weighted by Crippen LogP contribution is 2.32. The molecular formula is C13H14BrNOS. The predicted octanol–water partition coefficient (Wildman–Crippen LogP) is 3.76. The lowest BCUT2D eigenvalue weighted by atomic mass is 10.1. The van der Waals surface area contributed by atoms with Gasteiger partial charge in [0.2, 0.25) is 0 Å². The van der Waals surface area contributed by atoms with E-state index in [0.29, 0.717) is 0 Å². The molecule has 0 spiro atoms. The maximum absolute atomic E-state index is 6.23. The zero-order chi connectivity index (χ0) is 12.3. The molecule has 2 nitrogen and oxygen atoms in total. The zero-order valence-electron chi connectivity index (χ0n) is 9.52. The van der Waals surface area contributed by atoms with E-state index in [4.69, 9.17) is 10.5 Å². The van der Waals surface area contributed by atoms with E-state index in [9.17, 15) is 0 Å². The van der Waals surface area contributed by atoms with Gasteiger partial charge in [-0.25, -0.2) is 0 Å². The number of thiophene rings is 1. The molecule has 0 amide bonds. The van der Waals surface area contributed by atoms with Gasteiger partial charge in [-0.1, -0.05) is 34.1 Å². The molecule has 1 aromatic carbocycles. The highest BCUT2D eigenvalue weighted by atomic mass is 79.9. The van der Waals surface area contributed by atoms with Gasteiger partial charge in [-0.15, -0.1) is 11.3 Å². The molecule has 17 heavy (non-hydrogen) atoms. The van der Waals surface area contributed by atoms with E-state index in [1.807, 2.05) is 29.6 Å². The van der Waals surface area contributed by atoms with Gasteiger partial charge in [-0.3, -0.25) is 0 Å². The first-order valence-electron chi connectivity index (χ1n) is 5.32. The van der Waals surface area contributed by atoms with Gasteiger partial charge in [-0.2, -0.15) is 0 Å². The number of nitrogens with two attached hydrogens (primary N) is 1. The molecule has 1 atom stereocenters. The molecule has 0 aliphatic rings. The minimum Gasteiger partial charge on any atom is -0.496 e. The van der Waals surface area contributed by atoms with Gasteiger partial charge in [0, 0.05) is 10.5 Å². The monoisotopic (exact) mass is 311 g/mol. The summed E-state index contributed by atoms with van der Waals surface area (Å²) in [7, 11) is 1.68. The molecule has 0 saturated carbocycles. The first-order chi connectivity index (χ1) is 8.22. The molecule has 0 radical (unpaired) electrons. The quantitative estimate of drug-likeness (QED) is 0.933. The highest BCUT2D eigenvalue weighted by Gasteiger charge is 2.15. The molecule has 1 heterocycles. The molecule has 1 unspecified atom stereocenters. The highest BCUT2D eigenvalue weighted by molar-refractivity contribution is 9.10. The summed E-state index contributed by atoms with van der Waals surface area (Å²) >= 11 is 5.18. The van der Waals surface area contributed by atoms with Crippen molar-refractivity contribution in [1.29, 1.82) is 0 Å². The van der Waals surface area contributed by atoms with Crippen molar-refractivity contribution in [2.45, 2.75) is 12.5 Å². The molecule has 0 fully saturated rings. The number of rotatable bonds is 4. The van der Waals surface area contributed by atoms with Crippen LogP contribution in [0.4, 0.5) is 0 Å². The van der Waals surface area contributed by atoms with Crippen LogP contribution in [0.5, 0.6) is 5.75 Å². The Hall–Kier alpha value is -0.840. The molecule has 2 rings (SSSR count). The van der Waals surface area contributed by atoms with Gasteiger partial charge in [0.1, 0.15) is 5.75 Å². The lowest BCUT2D eigenvalue weighted by molar-refractivity contribution is 0.409. The van der Waals surface area contributed by atoms with Crippen molar-refractivity contribution in [3.63, 3.8) is 0 Å². The average molecular weight is 312 g/mol. The van der Waals surface area contributed by atoms with Crippen molar-refractivity contribution in [2.24, 2.45) is 5.73 Å². The Morgan fingerprint density at radius 1 is 1.35 bits per heavy atom. The first kappa shape index (κ1) is 12.6. The fraction of sp³-hybridized carbons (Fsp3) is 0.231. The molecule has 0 bridgehead atoms. The maximum atomic E-state index is 6.23.